The van der Waals surface area contributed by atoms with E-state index in [9.17, 15) is 19.7 Å². The Kier molecular flexibility index (Phi) is 8.05. The highest BCUT2D eigenvalue weighted by Gasteiger charge is 2.09. The Morgan fingerprint density at radius 2 is 1.89 bits per heavy atom. The van der Waals surface area contributed by atoms with Crippen LogP contribution in [0, 0.1) is 10.1 Å². The fourth-order valence-electron chi connectivity index (χ4n) is 2.47. The second-order valence-electron chi connectivity index (χ2n) is 6.27. The van der Waals surface area contributed by atoms with Gasteiger partial charge in [0.15, 0.2) is 5.78 Å². The fourth-order valence-corrected chi connectivity index (χ4v) is 2.47. The third-order valence-corrected chi connectivity index (χ3v) is 3.89. The van der Waals surface area contributed by atoms with E-state index < -0.39 is 16.7 Å². The molecule has 0 bridgehead atoms. The van der Waals surface area contributed by atoms with Gasteiger partial charge in [-0.15, -0.1) is 0 Å². The summed E-state index contributed by atoms with van der Waals surface area (Å²) in [5, 5.41) is 10.7. The number of hydrogen-bond donors (Lipinski definition) is 0. The fraction of sp³-hybridized carbons (Fsp3) is 0.238. The highest BCUT2D eigenvalue weighted by molar-refractivity contribution is 6.03. The minimum atomic E-state index is -0.596. The predicted molar refractivity (Wildman–Crippen MR) is 105 cm³/mol. The number of allylic oxidation sites excluding steroid dienone is 1. The molecule has 0 spiro atoms. The smallest absolute Gasteiger partial charge is 0.313 e. The molecule has 0 amide bonds. The standard InChI is InChI=1S/C21H22N2O5/c1-22(16-18-6-3-2-4-7-18)12-13-28-21(25)15-20(24)11-10-17-8-5-9-19(14-17)23(26)27/h2-11,14H,12-13,15-16H2,1H3. The first-order chi connectivity index (χ1) is 13.4. The van der Waals surface area contributed by atoms with Crippen molar-refractivity contribution in [3.8, 4) is 0 Å². The van der Waals surface area contributed by atoms with Crippen LogP contribution in [-0.4, -0.2) is 41.8 Å². The summed E-state index contributed by atoms with van der Waals surface area (Å²) < 4.78 is 5.10. The quantitative estimate of drug-likeness (QED) is 0.206. The first-order valence-electron chi connectivity index (χ1n) is 8.77. The molecular formula is C21H22N2O5. The number of nitrogens with zero attached hydrogens (tertiary/aromatic N) is 2. The summed E-state index contributed by atoms with van der Waals surface area (Å²) in [6.07, 6.45) is 2.30. The lowest BCUT2D eigenvalue weighted by Crippen LogP contribution is -2.24. The van der Waals surface area contributed by atoms with Crippen molar-refractivity contribution in [2.24, 2.45) is 0 Å². The number of ether oxygens (including phenoxy) is 1. The molecule has 0 N–H and O–H groups in total. The maximum atomic E-state index is 11.9. The molecule has 28 heavy (non-hydrogen) atoms. The highest BCUT2D eigenvalue weighted by Crippen LogP contribution is 2.14. The van der Waals surface area contributed by atoms with Gasteiger partial charge in [-0.1, -0.05) is 48.5 Å². The van der Waals surface area contributed by atoms with Crippen molar-refractivity contribution in [2.45, 2.75) is 13.0 Å². The summed E-state index contributed by atoms with van der Waals surface area (Å²) in [5.41, 5.74) is 1.62. The zero-order valence-electron chi connectivity index (χ0n) is 15.6. The summed E-state index contributed by atoms with van der Waals surface area (Å²) in [7, 11) is 1.92. The normalized spacial score (nSPS) is 10.9. The minimum absolute atomic E-state index is 0.0615. The monoisotopic (exact) mass is 382 g/mol. The SMILES string of the molecule is CN(CCOC(=O)CC(=O)C=Cc1cccc([N+](=O)[O-])c1)Cc1ccccc1. The van der Waals surface area contributed by atoms with Gasteiger partial charge < -0.3 is 4.74 Å². The second-order valence-corrected chi connectivity index (χ2v) is 6.27. The number of nitro benzene ring substituents is 1. The van der Waals surface area contributed by atoms with Gasteiger partial charge in [0.1, 0.15) is 13.0 Å². The van der Waals surface area contributed by atoms with E-state index >= 15 is 0 Å². The van der Waals surface area contributed by atoms with Gasteiger partial charge in [0.2, 0.25) is 0 Å². The Hall–Kier alpha value is -3.32. The van der Waals surface area contributed by atoms with Gasteiger partial charge in [0, 0.05) is 25.2 Å². The first-order valence-corrected chi connectivity index (χ1v) is 8.77. The number of benzene rings is 2. The molecule has 2 aromatic carbocycles. The number of carbonyl (C=O) groups excluding carboxylic acids is 2. The van der Waals surface area contributed by atoms with Crippen molar-refractivity contribution in [3.63, 3.8) is 0 Å². The average Bonchev–Trinajstić information content (AvgIpc) is 2.67. The molecule has 0 aromatic heterocycles. The van der Waals surface area contributed by atoms with E-state index in [1.165, 1.54) is 30.4 Å². The lowest BCUT2D eigenvalue weighted by molar-refractivity contribution is -0.384. The van der Waals surface area contributed by atoms with Gasteiger partial charge in [-0.25, -0.2) is 0 Å². The van der Waals surface area contributed by atoms with E-state index in [0.717, 1.165) is 12.1 Å². The zero-order chi connectivity index (χ0) is 20.4. The van der Waals surface area contributed by atoms with Crippen LogP contribution in [0.3, 0.4) is 0 Å². The average molecular weight is 382 g/mol. The lowest BCUT2D eigenvalue weighted by atomic mass is 10.1. The van der Waals surface area contributed by atoms with Gasteiger partial charge in [-0.2, -0.15) is 0 Å². The molecule has 0 atom stereocenters. The topological polar surface area (TPSA) is 89.8 Å². The number of hydrogen-bond acceptors (Lipinski definition) is 6. The van der Waals surface area contributed by atoms with Crippen LogP contribution in [0.25, 0.3) is 6.08 Å². The molecule has 0 radical (unpaired) electrons. The Labute approximate surface area is 163 Å². The molecule has 146 valence electrons. The summed E-state index contributed by atoms with van der Waals surface area (Å²) in [5.74, 6) is -1.02. The maximum absolute atomic E-state index is 11.9. The summed E-state index contributed by atoms with van der Waals surface area (Å²) in [6.45, 7) is 1.49. The van der Waals surface area contributed by atoms with Crippen LogP contribution in [0.5, 0.6) is 0 Å². The Bertz CT molecular complexity index is 849. The van der Waals surface area contributed by atoms with Crippen LogP contribution < -0.4 is 0 Å². The van der Waals surface area contributed by atoms with Crippen molar-refractivity contribution in [2.75, 3.05) is 20.2 Å². The van der Waals surface area contributed by atoms with Gasteiger partial charge in [-0.05, 0) is 24.3 Å². The predicted octanol–water partition coefficient (Wildman–Crippen LogP) is 3.24. The van der Waals surface area contributed by atoms with E-state index in [-0.39, 0.29) is 18.7 Å². The van der Waals surface area contributed by atoms with E-state index in [4.69, 9.17) is 4.74 Å². The number of ketones is 1. The Balaban J connectivity index is 1.71. The summed E-state index contributed by atoms with van der Waals surface area (Å²) in [4.78, 5) is 35.9. The summed E-state index contributed by atoms with van der Waals surface area (Å²) >= 11 is 0. The van der Waals surface area contributed by atoms with E-state index in [1.807, 2.05) is 42.3 Å². The molecule has 0 heterocycles. The number of likely N-dealkylation sites (N-methyl/N-ethyl adjacent to an activating group) is 1. The minimum Gasteiger partial charge on any atom is -0.464 e. The molecule has 0 aliphatic heterocycles. The number of rotatable bonds is 10. The molecule has 0 aliphatic carbocycles. The first kappa shape index (κ1) is 21.0. The van der Waals surface area contributed by atoms with E-state index in [2.05, 4.69) is 0 Å². The third kappa shape index (κ3) is 7.51. The van der Waals surface area contributed by atoms with Crippen molar-refractivity contribution in [1.82, 2.24) is 4.90 Å². The molecule has 2 rings (SSSR count). The molecule has 0 aliphatic rings. The van der Waals surface area contributed by atoms with Crippen LogP contribution in [0.1, 0.15) is 17.5 Å². The Morgan fingerprint density at radius 1 is 1.14 bits per heavy atom. The molecule has 7 heteroatoms. The molecule has 0 fully saturated rings. The molecule has 2 aromatic rings. The maximum Gasteiger partial charge on any atom is 0.313 e. The second kappa shape index (κ2) is 10.7. The lowest BCUT2D eigenvalue weighted by Gasteiger charge is -2.16. The number of nitro groups is 1. The molecule has 7 nitrogen and oxygen atoms in total. The van der Waals surface area contributed by atoms with Crippen molar-refractivity contribution >= 4 is 23.5 Å². The van der Waals surface area contributed by atoms with Crippen LogP contribution >= 0.6 is 0 Å². The largest absolute Gasteiger partial charge is 0.464 e. The van der Waals surface area contributed by atoms with Crippen LogP contribution in [0.2, 0.25) is 0 Å². The van der Waals surface area contributed by atoms with E-state index in [0.29, 0.717) is 12.1 Å². The molecule has 0 saturated carbocycles. The van der Waals surface area contributed by atoms with Crippen LogP contribution in [-0.2, 0) is 20.9 Å². The molecular weight excluding hydrogens is 360 g/mol. The van der Waals surface area contributed by atoms with Crippen molar-refractivity contribution in [1.29, 1.82) is 0 Å². The third-order valence-electron chi connectivity index (χ3n) is 3.89. The number of carbonyl (C=O) groups is 2. The van der Waals surface area contributed by atoms with Crippen LogP contribution in [0.15, 0.2) is 60.7 Å². The Morgan fingerprint density at radius 3 is 2.61 bits per heavy atom. The molecule has 0 unspecified atom stereocenters. The number of non-ortho nitro benzene ring substituents is 1. The summed E-state index contributed by atoms with van der Waals surface area (Å²) in [6, 6.07) is 15.8. The van der Waals surface area contributed by atoms with Crippen molar-refractivity contribution in [3.05, 3.63) is 81.9 Å². The molecule has 0 saturated heterocycles. The van der Waals surface area contributed by atoms with Gasteiger partial charge in [0.25, 0.3) is 5.69 Å². The zero-order valence-corrected chi connectivity index (χ0v) is 15.6. The number of esters is 1. The van der Waals surface area contributed by atoms with Gasteiger partial charge in [-0.3, -0.25) is 24.6 Å². The van der Waals surface area contributed by atoms with Crippen molar-refractivity contribution < 1.29 is 19.2 Å². The highest BCUT2D eigenvalue weighted by atomic mass is 16.6. The van der Waals surface area contributed by atoms with Gasteiger partial charge in [0.05, 0.1) is 4.92 Å². The van der Waals surface area contributed by atoms with Gasteiger partial charge >= 0.3 is 5.97 Å². The van der Waals surface area contributed by atoms with Crippen LogP contribution in [0.4, 0.5) is 5.69 Å². The van der Waals surface area contributed by atoms with E-state index in [1.54, 1.807) is 6.07 Å².